The Morgan fingerprint density at radius 1 is 0.731 bits per heavy atom. The number of rotatable bonds is 4. The Morgan fingerprint density at radius 3 is 2.31 bits per heavy atom. The maximum atomic E-state index is 12.6. The van der Waals surface area contributed by atoms with Gasteiger partial charge in [-0.3, -0.25) is 4.79 Å². The number of hydrogen-bond acceptors (Lipinski definition) is 3. The molecule has 4 rings (SSSR count). The number of amides is 1. The topological polar surface area (TPSA) is 54.0 Å². The summed E-state index contributed by atoms with van der Waals surface area (Å²) >= 11 is 0. The quantitative estimate of drug-likeness (QED) is 0.535. The molecule has 4 aromatic rings. The molecular weight excluding hydrogens is 322 g/mol. The minimum atomic E-state index is -0.146. The Kier molecular flexibility index (Phi) is 4.31. The minimum Gasteiger partial charge on any atom is -0.340 e. The number of carbonyl (C=O) groups excluding carboxylic acids is 1. The standard InChI is InChI=1S/C22H17N3O/c26-22(20-12-6-8-16-7-4-5-11-19(16)20)25-18-13-14-21(23-15-18)24-17-9-2-1-3-10-17/h1-15H,(H,23,24)(H,25,26). The first-order valence-electron chi connectivity index (χ1n) is 8.37. The molecule has 0 unspecified atom stereocenters. The number of carbonyl (C=O) groups is 1. The summed E-state index contributed by atoms with van der Waals surface area (Å²) < 4.78 is 0. The average Bonchev–Trinajstić information content (AvgIpc) is 2.70. The van der Waals surface area contributed by atoms with Crippen molar-refractivity contribution in [3.63, 3.8) is 0 Å². The van der Waals surface area contributed by atoms with Crippen molar-refractivity contribution in [2.45, 2.75) is 0 Å². The van der Waals surface area contributed by atoms with Crippen LogP contribution in [-0.2, 0) is 0 Å². The predicted molar refractivity (Wildman–Crippen MR) is 106 cm³/mol. The number of benzene rings is 3. The highest BCUT2D eigenvalue weighted by Gasteiger charge is 2.10. The zero-order valence-corrected chi connectivity index (χ0v) is 14.0. The number of hydrogen-bond donors (Lipinski definition) is 2. The fraction of sp³-hybridized carbons (Fsp3) is 0. The lowest BCUT2D eigenvalue weighted by Gasteiger charge is -2.09. The summed E-state index contributed by atoms with van der Waals surface area (Å²) in [6.45, 7) is 0. The van der Waals surface area contributed by atoms with E-state index in [-0.39, 0.29) is 5.91 Å². The van der Waals surface area contributed by atoms with Crippen LogP contribution >= 0.6 is 0 Å². The van der Waals surface area contributed by atoms with Crippen LogP contribution in [0.15, 0.2) is 91.1 Å². The van der Waals surface area contributed by atoms with Gasteiger partial charge in [-0.15, -0.1) is 0 Å². The summed E-state index contributed by atoms with van der Waals surface area (Å²) in [4.78, 5) is 17.0. The lowest BCUT2D eigenvalue weighted by Crippen LogP contribution is -2.12. The van der Waals surface area contributed by atoms with Gasteiger partial charge in [0.15, 0.2) is 0 Å². The second-order valence-electron chi connectivity index (χ2n) is 5.90. The van der Waals surface area contributed by atoms with Gasteiger partial charge in [0, 0.05) is 11.3 Å². The molecule has 0 bridgehead atoms. The molecule has 0 aliphatic rings. The molecule has 126 valence electrons. The van der Waals surface area contributed by atoms with E-state index in [4.69, 9.17) is 0 Å². The van der Waals surface area contributed by atoms with E-state index in [9.17, 15) is 4.79 Å². The number of para-hydroxylation sites is 1. The molecule has 0 atom stereocenters. The third kappa shape index (κ3) is 3.39. The summed E-state index contributed by atoms with van der Waals surface area (Å²) in [6.07, 6.45) is 1.65. The van der Waals surface area contributed by atoms with Crippen LogP contribution in [0.1, 0.15) is 10.4 Å². The third-order valence-corrected chi connectivity index (χ3v) is 4.10. The Balaban J connectivity index is 1.51. The number of aromatic nitrogens is 1. The monoisotopic (exact) mass is 339 g/mol. The van der Waals surface area contributed by atoms with Gasteiger partial charge < -0.3 is 10.6 Å². The van der Waals surface area contributed by atoms with Gasteiger partial charge >= 0.3 is 0 Å². The largest absolute Gasteiger partial charge is 0.340 e. The first-order valence-corrected chi connectivity index (χ1v) is 8.37. The van der Waals surface area contributed by atoms with Gasteiger partial charge in [-0.25, -0.2) is 4.98 Å². The maximum absolute atomic E-state index is 12.6. The molecule has 1 aromatic heterocycles. The van der Waals surface area contributed by atoms with E-state index in [0.717, 1.165) is 22.3 Å². The second kappa shape index (κ2) is 7.07. The summed E-state index contributed by atoms with van der Waals surface area (Å²) in [6, 6.07) is 27.1. The van der Waals surface area contributed by atoms with E-state index in [1.165, 1.54) is 0 Å². The Bertz CT molecular complexity index is 1040. The first kappa shape index (κ1) is 15.8. The van der Waals surface area contributed by atoms with Crippen molar-refractivity contribution in [3.05, 3.63) is 96.7 Å². The van der Waals surface area contributed by atoms with Crippen LogP contribution in [0.5, 0.6) is 0 Å². The molecule has 0 aliphatic heterocycles. The van der Waals surface area contributed by atoms with E-state index in [1.54, 1.807) is 6.20 Å². The van der Waals surface area contributed by atoms with Crippen molar-refractivity contribution < 1.29 is 4.79 Å². The fourth-order valence-electron chi connectivity index (χ4n) is 2.83. The molecule has 26 heavy (non-hydrogen) atoms. The Morgan fingerprint density at radius 2 is 1.50 bits per heavy atom. The first-order chi connectivity index (χ1) is 12.8. The smallest absolute Gasteiger partial charge is 0.256 e. The molecule has 0 aliphatic carbocycles. The lowest BCUT2D eigenvalue weighted by atomic mass is 10.0. The molecule has 4 heteroatoms. The van der Waals surface area contributed by atoms with Crippen molar-refractivity contribution in [2.75, 3.05) is 10.6 Å². The van der Waals surface area contributed by atoms with Gasteiger partial charge in [0.05, 0.1) is 11.9 Å². The third-order valence-electron chi connectivity index (χ3n) is 4.10. The summed E-state index contributed by atoms with van der Waals surface area (Å²) in [7, 11) is 0. The highest BCUT2D eigenvalue weighted by atomic mass is 16.1. The maximum Gasteiger partial charge on any atom is 0.256 e. The number of nitrogens with zero attached hydrogens (tertiary/aromatic N) is 1. The number of nitrogens with one attached hydrogen (secondary N) is 2. The van der Waals surface area contributed by atoms with Gasteiger partial charge in [-0.05, 0) is 41.1 Å². The number of anilines is 3. The van der Waals surface area contributed by atoms with E-state index >= 15 is 0 Å². The number of fused-ring (bicyclic) bond motifs is 1. The zero-order valence-electron chi connectivity index (χ0n) is 14.0. The van der Waals surface area contributed by atoms with Crippen LogP contribution in [-0.4, -0.2) is 10.9 Å². The molecule has 2 N–H and O–H groups in total. The van der Waals surface area contributed by atoms with Gasteiger partial charge in [0.1, 0.15) is 5.82 Å². The highest BCUT2D eigenvalue weighted by molar-refractivity contribution is 6.12. The van der Waals surface area contributed by atoms with Crippen LogP contribution in [0.3, 0.4) is 0 Å². The van der Waals surface area contributed by atoms with Gasteiger partial charge in [0.2, 0.25) is 0 Å². The van der Waals surface area contributed by atoms with Crippen molar-refractivity contribution in [1.29, 1.82) is 0 Å². The van der Waals surface area contributed by atoms with Gasteiger partial charge in [0.25, 0.3) is 5.91 Å². The van der Waals surface area contributed by atoms with Crippen LogP contribution in [0.2, 0.25) is 0 Å². The SMILES string of the molecule is O=C(Nc1ccc(Nc2ccccc2)nc1)c1cccc2ccccc12. The van der Waals surface area contributed by atoms with Crippen molar-refractivity contribution >= 4 is 33.9 Å². The van der Waals surface area contributed by atoms with Gasteiger partial charge in [-0.2, -0.15) is 0 Å². The number of pyridine rings is 1. The van der Waals surface area contributed by atoms with Crippen LogP contribution in [0, 0.1) is 0 Å². The van der Waals surface area contributed by atoms with E-state index in [1.807, 2.05) is 84.9 Å². The molecule has 0 spiro atoms. The highest BCUT2D eigenvalue weighted by Crippen LogP contribution is 2.20. The Hall–Kier alpha value is -3.66. The molecule has 1 amide bonds. The van der Waals surface area contributed by atoms with Crippen molar-refractivity contribution in [1.82, 2.24) is 4.98 Å². The normalized spacial score (nSPS) is 10.5. The van der Waals surface area contributed by atoms with E-state index < -0.39 is 0 Å². The van der Waals surface area contributed by atoms with E-state index in [0.29, 0.717) is 11.3 Å². The van der Waals surface area contributed by atoms with Gasteiger partial charge in [-0.1, -0.05) is 54.6 Å². The molecule has 1 heterocycles. The molecule has 0 fully saturated rings. The molecule has 0 saturated heterocycles. The van der Waals surface area contributed by atoms with Crippen LogP contribution in [0.25, 0.3) is 10.8 Å². The van der Waals surface area contributed by atoms with Crippen molar-refractivity contribution in [2.24, 2.45) is 0 Å². The predicted octanol–water partition coefficient (Wildman–Crippen LogP) is 5.23. The van der Waals surface area contributed by atoms with Crippen LogP contribution < -0.4 is 10.6 Å². The molecule has 0 saturated carbocycles. The average molecular weight is 339 g/mol. The summed E-state index contributed by atoms with van der Waals surface area (Å²) in [5, 5.41) is 8.10. The van der Waals surface area contributed by atoms with E-state index in [2.05, 4.69) is 15.6 Å². The fourth-order valence-corrected chi connectivity index (χ4v) is 2.83. The summed E-state index contributed by atoms with van der Waals surface area (Å²) in [5.41, 5.74) is 2.27. The Labute approximate surface area is 151 Å². The minimum absolute atomic E-state index is 0.146. The molecule has 4 nitrogen and oxygen atoms in total. The molecule has 0 radical (unpaired) electrons. The molecule has 3 aromatic carbocycles. The zero-order chi connectivity index (χ0) is 17.8. The second-order valence-corrected chi connectivity index (χ2v) is 5.90. The lowest BCUT2D eigenvalue weighted by molar-refractivity contribution is 0.102. The summed E-state index contributed by atoms with van der Waals surface area (Å²) in [5.74, 6) is 0.576. The molecular formula is C22H17N3O. The van der Waals surface area contributed by atoms with Crippen LogP contribution in [0.4, 0.5) is 17.2 Å². The van der Waals surface area contributed by atoms with Crippen molar-refractivity contribution in [3.8, 4) is 0 Å².